The SMILES string of the molecule is CN(C)CCOCCn1cccc1. The van der Waals surface area contributed by atoms with Crippen LogP contribution in [0.25, 0.3) is 0 Å². The van der Waals surface area contributed by atoms with Gasteiger partial charge in [0, 0.05) is 25.5 Å². The Kier molecular flexibility index (Phi) is 4.57. The Labute approximate surface area is 79.9 Å². The smallest absolute Gasteiger partial charge is 0.0646 e. The van der Waals surface area contributed by atoms with Crippen LogP contribution in [0, 0.1) is 0 Å². The summed E-state index contributed by atoms with van der Waals surface area (Å²) in [5, 5.41) is 0. The molecule has 3 nitrogen and oxygen atoms in total. The van der Waals surface area contributed by atoms with Gasteiger partial charge in [0.15, 0.2) is 0 Å². The van der Waals surface area contributed by atoms with Gasteiger partial charge in [-0.1, -0.05) is 0 Å². The van der Waals surface area contributed by atoms with Crippen LogP contribution in [0.3, 0.4) is 0 Å². The van der Waals surface area contributed by atoms with Crippen LogP contribution in [0.2, 0.25) is 0 Å². The Morgan fingerprint density at radius 2 is 1.85 bits per heavy atom. The molecule has 0 saturated carbocycles. The lowest BCUT2D eigenvalue weighted by molar-refractivity contribution is 0.111. The lowest BCUT2D eigenvalue weighted by Crippen LogP contribution is -2.19. The summed E-state index contributed by atoms with van der Waals surface area (Å²) in [4.78, 5) is 2.12. The highest BCUT2D eigenvalue weighted by Crippen LogP contribution is 1.89. The molecule has 1 heterocycles. The summed E-state index contributed by atoms with van der Waals surface area (Å²) in [5.41, 5.74) is 0. The van der Waals surface area contributed by atoms with Crippen molar-refractivity contribution in [3.63, 3.8) is 0 Å². The van der Waals surface area contributed by atoms with Crippen LogP contribution in [0.15, 0.2) is 24.5 Å². The van der Waals surface area contributed by atoms with Gasteiger partial charge < -0.3 is 14.2 Å². The largest absolute Gasteiger partial charge is 0.378 e. The summed E-state index contributed by atoms with van der Waals surface area (Å²) in [6, 6.07) is 4.06. The number of nitrogens with zero attached hydrogens (tertiary/aromatic N) is 2. The zero-order valence-corrected chi connectivity index (χ0v) is 8.44. The minimum Gasteiger partial charge on any atom is -0.378 e. The Morgan fingerprint density at radius 1 is 1.15 bits per heavy atom. The van der Waals surface area contributed by atoms with E-state index in [-0.39, 0.29) is 0 Å². The van der Waals surface area contributed by atoms with Crippen LogP contribution in [-0.2, 0) is 11.3 Å². The van der Waals surface area contributed by atoms with Crippen LogP contribution < -0.4 is 0 Å². The molecule has 1 aromatic heterocycles. The molecular weight excluding hydrogens is 164 g/mol. The summed E-state index contributed by atoms with van der Waals surface area (Å²) >= 11 is 0. The molecule has 74 valence electrons. The van der Waals surface area contributed by atoms with Crippen molar-refractivity contribution in [1.82, 2.24) is 9.47 Å². The van der Waals surface area contributed by atoms with E-state index in [1.165, 1.54) is 0 Å². The van der Waals surface area contributed by atoms with E-state index < -0.39 is 0 Å². The number of rotatable bonds is 6. The topological polar surface area (TPSA) is 17.4 Å². The maximum absolute atomic E-state index is 5.46. The monoisotopic (exact) mass is 182 g/mol. The highest BCUT2D eigenvalue weighted by molar-refractivity contribution is 4.89. The van der Waals surface area contributed by atoms with Gasteiger partial charge in [0.05, 0.1) is 13.2 Å². The third-order valence-electron chi connectivity index (χ3n) is 1.84. The summed E-state index contributed by atoms with van der Waals surface area (Å²) in [6.45, 7) is 3.54. The van der Waals surface area contributed by atoms with Gasteiger partial charge in [-0.05, 0) is 26.2 Å². The van der Waals surface area contributed by atoms with Gasteiger partial charge in [-0.2, -0.15) is 0 Å². The Hall–Kier alpha value is -0.800. The van der Waals surface area contributed by atoms with Crippen molar-refractivity contribution in [3.8, 4) is 0 Å². The van der Waals surface area contributed by atoms with E-state index in [4.69, 9.17) is 4.74 Å². The summed E-state index contributed by atoms with van der Waals surface area (Å²) < 4.78 is 7.58. The standard InChI is InChI=1S/C10H18N2O/c1-11(2)7-9-13-10-8-12-5-3-4-6-12/h3-6H,7-10H2,1-2H3. The minimum absolute atomic E-state index is 0.794. The van der Waals surface area contributed by atoms with E-state index in [1.807, 2.05) is 12.1 Å². The molecule has 0 amide bonds. The fraction of sp³-hybridized carbons (Fsp3) is 0.600. The van der Waals surface area contributed by atoms with Crippen LogP contribution in [0.4, 0.5) is 0 Å². The molecular formula is C10H18N2O. The van der Waals surface area contributed by atoms with E-state index in [0.717, 1.165) is 26.3 Å². The first-order valence-corrected chi connectivity index (χ1v) is 4.62. The highest BCUT2D eigenvalue weighted by Gasteiger charge is 1.91. The highest BCUT2D eigenvalue weighted by atomic mass is 16.5. The summed E-state index contributed by atoms with van der Waals surface area (Å²) in [5.74, 6) is 0. The second-order valence-electron chi connectivity index (χ2n) is 3.34. The third kappa shape index (κ3) is 4.70. The van der Waals surface area contributed by atoms with Crippen molar-refractivity contribution in [2.45, 2.75) is 6.54 Å². The molecule has 1 aromatic rings. The molecule has 0 aliphatic carbocycles. The average Bonchev–Trinajstić information content (AvgIpc) is 2.55. The molecule has 3 heteroatoms. The zero-order chi connectivity index (χ0) is 9.52. The normalized spacial score (nSPS) is 11.0. The van der Waals surface area contributed by atoms with E-state index in [0.29, 0.717) is 0 Å². The van der Waals surface area contributed by atoms with Crippen molar-refractivity contribution >= 4 is 0 Å². The maximum atomic E-state index is 5.46. The first kappa shape index (κ1) is 10.3. The van der Waals surface area contributed by atoms with E-state index >= 15 is 0 Å². The van der Waals surface area contributed by atoms with Crippen LogP contribution in [-0.4, -0.2) is 43.3 Å². The van der Waals surface area contributed by atoms with E-state index in [1.54, 1.807) is 0 Å². The zero-order valence-electron chi connectivity index (χ0n) is 8.44. The fourth-order valence-electron chi connectivity index (χ4n) is 1.04. The molecule has 0 aliphatic rings. The molecule has 0 saturated heterocycles. The minimum atomic E-state index is 0.794. The number of aromatic nitrogens is 1. The lowest BCUT2D eigenvalue weighted by Gasteiger charge is -2.09. The predicted molar refractivity (Wildman–Crippen MR) is 53.8 cm³/mol. The Bertz CT molecular complexity index is 207. The summed E-state index contributed by atoms with van der Waals surface area (Å²) in [6.07, 6.45) is 4.10. The first-order valence-electron chi connectivity index (χ1n) is 4.62. The predicted octanol–water partition coefficient (Wildman–Crippen LogP) is 1.07. The molecule has 0 unspecified atom stereocenters. The number of hydrogen-bond donors (Lipinski definition) is 0. The Morgan fingerprint density at radius 3 is 2.46 bits per heavy atom. The Balaban J connectivity index is 1.96. The van der Waals surface area contributed by atoms with E-state index in [9.17, 15) is 0 Å². The van der Waals surface area contributed by atoms with Gasteiger partial charge in [-0.15, -0.1) is 0 Å². The fourth-order valence-corrected chi connectivity index (χ4v) is 1.04. The molecule has 0 aromatic carbocycles. The van der Waals surface area contributed by atoms with Gasteiger partial charge in [0.1, 0.15) is 0 Å². The van der Waals surface area contributed by atoms with Crippen molar-refractivity contribution < 1.29 is 4.74 Å². The van der Waals surface area contributed by atoms with Gasteiger partial charge in [0.25, 0.3) is 0 Å². The van der Waals surface area contributed by atoms with Gasteiger partial charge >= 0.3 is 0 Å². The molecule has 0 atom stereocenters. The van der Waals surface area contributed by atoms with Gasteiger partial charge in [-0.25, -0.2) is 0 Å². The molecule has 13 heavy (non-hydrogen) atoms. The third-order valence-corrected chi connectivity index (χ3v) is 1.84. The molecule has 0 spiro atoms. The summed E-state index contributed by atoms with van der Waals surface area (Å²) in [7, 11) is 4.10. The van der Waals surface area contributed by atoms with Crippen LogP contribution in [0.1, 0.15) is 0 Å². The number of ether oxygens (including phenoxy) is 1. The van der Waals surface area contributed by atoms with Crippen molar-refractivity contribution in [1.29, 1.82) is 0 Å². The number of hydrogen-bond acceptors (Lipinski definition) is 2. The van der Waals surface area contributed by atoms with Crippen LogP contribution in [0.5, 0.6) is 0 Å². The van der Waals surface area contributed by atoms with Gasteiger partial charge in [0.2, 0.25) is 0 Å². The van der Waals surface area contributed by atoms with Crippen LogP contribution >= 0.6 is 0 Å². The molecule has 1 rings (SSSR count). The maximum Gasteiger partial charge on any atom is 0.0646 e. The lowest BCUT2D eigenvalue weighted by atomic mass is 10.6. The average molecular weight is 182 g/mol. The molecule has 0 aliphatic heterocycles. The molecule has 0 fully saturated rings. The van der Waals surface area contributed by atoms with Crippen molar-refractivity contribution in [2.24, 2.45) is 0 Å². The second-order valence-corrected chi connectivity index (χ2v) is 3.34. The van der Waals surface area contributed by atoms with Crippen molar-refractivity contribution in [3.05, 3.63) is 24.5 Å². The van der Waals surface area contributed by atoms with Gasteiger partial charge in [-0.3, -0.25) is 0 Å². The molecule has 0 N–H and O–H groups in total. The van der Waals surface area contributed by atoms with E-state index in [2.05, 4.69) is 36.0 Å². The quantitative estimate of drug-likeness (QED) is 0.612. The second kappa shape index (κ2) is 5.78. The molecule has 0 radical (unpaired) electrons. The number of likely N-dealkylation sites (N-methyl/N-ethyl adjacent to an activating group) is 1. The molecule has 0 bridgehead atoms. The first-order chi connectivity index (χ1) is 6.29. The van der Waals surface area contributed by atoms with Crippen molar-refractivity contribution in [2.75, 3.05) is 33.9 Å².